The summed E-state index contributed by atoms with van der Waals surface area (Å²) < 4.78 is 28.2. The SMILES string of the molecule is CCO/C(C)=C(\C(=O)OC)C(=O)c1ccc(OC)c(F)c1. The molecule has 0 bridgehead atoms. The van der Waals surface area contributed by atoms with Crippen molar-refractivity contribution in [2.45, 2.75) is 13.8 Å². The molecule has 0 fully saturated rings. The van der Waals surface area contributed by atoms with Gasteiger partial charge >= 0.3 is 5.97 Å². The maximum absolute atomic E-state index is 13.7. The first-order valence-electron chi connectivity index (χ1n) is 6.26. The van der Waals surface area contributed by atoms with Crippen LogP contribution in [0.1, 0.15) is 24.2 Å². The minimum atomic E-state index is -0.831. The van der Waals surface area contributed by atoms with E-state index in [2.05, 4.69) is 4.74 Å². The van der Waals surface area contributed by atoms with E-state index >= 15 is 0 Å². The number of benzene rings is 1. The number of Topliss-reactive ketones (excluding diaryl/α,β-unsaturated/α-hetero) is 1. The number of carbonyl (C=O) groups excluding carboxylic acids is 2. The highest BCUT2D eigenvalue weighted by molar-refractivity contribution is 6.24. The van der Waals surface area contributed by atoms with Crippen LogP contribution in [0.15, 0.2) is 29.5 Å². The maximum atomic E-state index is 13.7. The van der Waals surface area contributed by atoms with Crippen molar-refractivity contribution in [1.29, 1.82) is 0 Å². The maximum Gasteiger partial charge on any atom is 0.345 e. The Morgan fingerprint density at radius 2 is 1.90 bits per heavy atom. The van der Waals surface area contributed by atoms with Crippen LogP contribution in [0.25, 0.3) is 0 Å². The predicted octanol–water partition coefficient (Wildman–Crippen LogP) is 2.50. The molecule has 1 rings (SSSR count). The summed E-state index contributed by atoms with van der Waals surface area (Å²) in [5.74, 6) is -2.06. The predicted molar refractivity (Wildman–Crippen MR) is 73.6 cm³/mol. The third-order valence-electron chi connectivity index (χ3n) is 2.74. The molecule has 0 aromatic heterocycles. The second kappa shape index (κ2) is 7.42. The van der Waals surface area contributed by atoms with E-state index in [0.29, 0.717) is 0 Å². The van der Waals surface area contributed by atoms with E-state index in [9.17, 15) is 14.0 Å². The fourth-order valence-electron chi connectivity index (χ4n) is 1.74. The first-order valence-corrected chi connectivity index (χ1v) is 6.26. The van der Waals surface area contributed by atoms with E-state index in [4.69, 9.17) is 9.47 Å². The number of hydrogen-bond donors (Lipinski definition) is 0. The van der Waals surface area contributed by atoms with E-state index in [0.717, 1.165) is 13.2 Å². The molecular formula is C15H17FO5. The number of ketones is 1. The van der Waals surface area contributed by atoms with Crippen molar-refractivity contribution in [2.75, 3.05) is 20.8 Å². The minimum Gasteiger partial charge on any atom is -0.497 e. The smallest absolute Gasteiger partial charge is 0.345 e. The molecule has 0 radical (unpaired) electrons. The zero-order chi connectivity index (χ0) is 16.0. The average Bonchev–Trinajstić information content (AvgIpc) is 2.47. The molecule has 6 heteroatoms. The lowest BCUT2D eigenvalue weighted by atomic mass is 10.0. The van der Waals surface area contributed by atoms with Crippen LogP contribution in [0, 0.1) is 5.82 Å². The molecule has 0 aliphatic heterocycles. The van der Waals surface area contributed by atoms with Crippen LogP contribution in [-0.4, -0.2) is 32.6 Å². The van der Waals surface area contributed by atoms with Crippen LogP contribution >= 0.6 is 0 Å². The average molecular weight is 296 g/mol. The first-order chi connectivity index (χ1) is 9.96. The van der Waals surface area contributed by atoms with Crippen molar-refractivity contribution in [3.63, 3.8) is 0 Å². The first kappa shape index (κ1) is 16.7. The van der Waals surface area contributed by atoms with Gasteiger partial charge in [-0.15, -0.1) is 0 Å². The Balaban J connectivity index is 3.26. The van der Waals surface area contributed by atoms with Crippen molar-refractivity contribution in [3.8, 4) is 5.75 Å². The number of carbonyl (C=O) groups is 2. The van der Waals surface area contributed by atoms with Crippen LogP contribution in [-0.2, 0) is 14.3 Å². The van der Waals surface area contributed by atoms with E-state index in [-0.39, 0.29) is 29.3 Å². The van der Waals surface area contributed by atoms with Crippen molar-refractivity contribution in [3.05, 3.63) is 40.9 Å². The molecule has 0 atom stereocenters. The molecule has 0 saturated carbocycles. The molecule has 0 saturated heterocycles. The number of halogens is 1. The highest BCUT2D eigenvalue weighted by Gasteiger charge is 2.25. The van der Waals surface area contributed by atoms with Crippen molar-refractivity contribution in [2.24, 2.45) is 0 Å². The number of rotatable bonds is 6. The van der Waals surface area contributed by atoms with E-state index in [1.165, 1.54) is 26.2 Å². The largest absolute Gasteiger partial charge is 0.497 e. The lowest BCUT2D eigenvalue weighted by Crippen LogP contribution is -2.18. The fourth-order valence-corrected chi connectivity index (χ4v) is 1.74. The zero-order valence-corrected chi connectivity index (χ0v) is 12.4. The van der Waals surface area contributed by atoms with Gasteiger partial charge in [-0.05, 0) is 32.0 Å². The number of ether oxygens (including phenoxy) is 3. The summed E-state index contributed by atoms with van der Waals surface area (Å²) in [6.07, 6.45) is 0. The molecular weight excluding hydrogens is 279 g/mol. The molecule has 5 nitrogen and oxygen atoms in total. The van der Waals surface area contributed by atoms with Gasteiger partial charge in [0.1, 0.15) is 11.3 Å². The topological polar surface area (TPSA) is 61.8 Å². The second-order valence-corrected chi connectivity index (χ2v) is 4.03. The molecule has 0 aliphatic carbocycles. The fraction of sp³-hybridized carbons (Fsp3) is 0.333. The van der Waals surface area contributed by atoms with Gasteiger partial charge in [-0.25, -0.2) is 9.18 Å². The standard InChI is InChI=1S/C15H17FO5/c1-5-21-9(2)13(15(18)20-4)14(17)10-6-7-12(19-3)11(16)8-10/h6-8H,5H2,1-4H3/b13-9-. The number of allylic oxidation sites excluding steroid dienone is 1. The summed E-state index contributed by atoms with van der Waals surface area (Å²) in [6.45, 7) is 3.49. The summed E-state index contributed by atoms with van der Waals surface area (Å²) in [7, 11) is 2.47. The molecule has 0 heterocycles. The van der Waals surface area contributed by atoms with E-state index in [1.54, 1.807) is 6.92 Å². The van der Waals surface area contributed by atoms with Crippen LogP contribution in [0.3, 0.4) is 0 Å². The van der Waals surface area contributed by atoms with E-state index < -0.39 is 17.6 Å². The normalized spacial score (nSPS) is 11.5. The third-order valence-corrected chi connectivity index (χ3v) is 2.74. The molecule has 0 spiro atoms. The van der Waals surface area contributed by atoms with Crippen molar-refractivity contribution in [1.82, 2.24) is 0 Å². The Labute approximate surface area is 122 Å². The van der Waals surface area contributed by atoms with Crippen LogP contribution in [0.4, 0.5) is 4.39 Å². The van der Waals surface area contributed by atoms with Crippen molar-refractivity contribution >= 4 is 11.8 Å². The van der Waals surface area contributed by atoms with Gasteiger partial charge in [0.15, 0.2) is 11.6 Å². The zero-order valence-electron chi connectivity index (χ0n) is 12.4. The number of methoxy groups -OCH3 is 2. The lowest BCUT2D eigenvalue weighted by molar-refractivity contribution is -0.135. The minimum absolute atomic E-state index is 0.00718. The Morgan fingerprint density at radius 1 is 1.24 bits per heavy atom. The Morgan fingerprint density at radius 3 is 2.38 bits per heavy atom. The van der Waals surface area contributed by atoms with Crippen LogP contribution in [0.2, 0.25) is 0 Å². The monoisotopic (exact) mass is 296 g/mol. The van der Waals surface area contributed by atoms with Crippen LogP contribution in [0.5, 0.6) is 5.75 Å². The Kier molecular flexibility index (Phi) is 5.90. The Bertz CT molecular complexity index is 577. The molecule has 0 unspecified atom stereocenters. The molecule has 1 aromatic rings. The molecule has 0 amide bonds. The molecule has 114 valence electrons. The van der Waals surface area contributed by atoms with Gasteiger partial charge in [0.25, 0.3) is 0 Å². The van der Waals surface area contributed by atoms with Gasteiger partial charge in [-0.1, -0.05) is 0 Å². The summed E-state index contributed by atoms with van der Waals surface area (Å²) >= 11 is 0. The molecule has 21 heavy (non-hydrogen) atoms. The van der Waals surface area contributed by atoms with Gasteiger partial charge in [0.05, 0.1) is 20.8 Å². The summed E-state index contributed by atoms with van der Waals surface area (Å²) in [5, 5.41) is 0. The molecule has 0 aliphatic rings. The quantitative estimate of drug-likeness (QED) is 0.201. The van der Waals surface area contributed by atoms with Gasteiger partial charge < -0.3 is 14.2 Å². The summed E-state index contributed by atoms with van der Waals surface area (Å²) in [6, 6.07) is 3.68. The van der Waals surface area contributed by atoms with Crippen LogP contribution < -0.4 is 4.74 Å². The van der Waals surface area contributed by atoms with Gasteiger partial charge in [0.2, 0.25) is 5.78 Å². The molecule has 1 aromatic carbocycles. The van der Waals surface area contributed by atoms with Crippen molar-refractivity contribution < 1.29 is 28.2 Å². The van der Waals surface area contributed by atoms with Gasteiger partial charge in [0, 0.05) is 5.56 Å². The van der Waals surface area contributed by atoms with Gasteiger partial charge in [-0.3, -0.25) is 4.79 Å². The number of esters is 1. The highest BCUT2D eigenvalue weighted by atomic mass is 19.1. The molecule has 0 N–H and O–H groups in total. The lowest BCUT2D eigenvalue weighted by Gasteiger charge is -2.11. The summed E-state index contributed by atoms with van der Waals surface area (Å²) in [5.41, 5.74) is -0.253. The van der Waals surface area contributed by atoms with Gasteiger partial charge in [-0.2, -0.15) is 0 Å². The highest BCUT2D eigenvalue weighted by Crippen LogP contribution is 2.21. The second-order valence-electron chi connectivity index (χ2n) is 4.03. The van der Waals surface area contributed by atoms with E-state index in [1.807, 2.05) is 0 Å². The number of hydrogen-bond acceptors (Lipinski definition) is 5. The third kappa shape index (κ3) is 3.81. The summed E-state index contributed by atoms with van der Waals surface area (Å²) in [4.78, 5) is 24.1. The Hall–Kier alpha value is -2.37.